The Labute approximate surface area is 142 Å². The summed E-state index contributed by atoms with van der Waals surface area (Å²) in [5.41, 5.74) is 2.76. The molecule has 130 valence electrons. The number of nitrogens with zero attached hydrogens (tertiary/aromatic N) is 2. The molecule has 1 N–H and O–H groups in total. The second-order valence-corrected chi connectivity index (χ2v) is 8.38. The van der Waals surface area contributed by atoms with Crippen LogP contribution in [0.3, 0.4) is 0 Å². The summed E-state index contributed by atoms with van der Waals surface area (Å²) in [6, 6.07) is 7.65. The summed E-state index contributed by atoms with van der Waals surface area (Å²) in [5, 5.41) is 9.07. The molecule has 1 aromatic carbocycles. The highest BCUT2D eigenvalue weighted by atomic mass is 32.2. The number of aromatic nitrogens is 2. The Bertz CT molecular complexity index is 754. The van der Waals surface area contributed by atoms with Gasteiger partial charge in [-0.25, -0.2) is 13.4 Å². The Hall–Kier alpha value is -1.70. The maximum atomic E-state index is 11.4. The predicted octanol–water partition coefficient (Wildman–Crippen LogP) is 1.64. The molecule has 3 rings (SSSR count). The molecule has 1 aliphatic rings. The molecule has 0 radical (unpaired) electrons. The van der Waals surface area contributed by atoms with E-state index < -0.39 is 9.84 Å². The van der Waals surface area contributed by atoms with Crippen molar-refractivity contribution >= 4 is 9.84 Å². The molecule has 24 heavy (non-hydrogen) atoms. The number of ether oxygens (including phenoxy) is 1. The van der Waals surface area contributed by atoms with Crippen LogP contribution in [0.5, 0.6) is 0 Å². The van der Waals surface area contributed by atoms with Gasteiger partial charge in [0.15, 0.2) is 9.84 Å². The zero-order valence-electron chi connectivity index (χ0n) is 13.5. The van der Waals surface area contributed by atoms with Crippen LogP contribution in [0.25, 0.3) is 11.3 Å². The van der Waals surface area contributed by atoms with E-state index in [4.69, 9.17) is 9.84 Å². The number of aliphatic hydroxyl groups is 1. The minimum Gasteiger partial charge on any atom is -0.392 e. The first-order valence-corrected chi connectivity index (χ1v) is 9.92. The normalized spacial score (nSPS) is 17.9. The average molecular weight is 350 g/mol. The maximum Gasteiger partial charge on any atom is 0.150 e. The molecular formula is C17H22N2O4S. The van der Waals surface area contributed by atoms with E-state index in [0.29, 0.717) is 26.0 Å². The molecule has 1 aliphatic heterocycles. The topological polar surface area (TPSA) is 81.4 Å². The number of rotatable bonds is 6. The van der Waals surface area contributed by atoms with Gasteiger partial charge in [0.05, 0.1) is 42.8 Å². The van der Waals surface area contributed by atoms with Gasteiger partial charge in [0.2, 0.25) is 0 Å². The molecule has 0 bridgehead atoms. The van der Waals surface area contributed by atoms with E-state index in [9.17, 15) is 8.42 Å². The van der Waals surface area contributed by atoms with E-state index in [-0.39, 0.29) is 24.2 Å². The molecule has 0 saturated carbocycles. The Balaban J connectivity index is 1.49. The monoisotopic (exact) mass is 350 g/mol. The summed E-state index contributed by atoms with van der Waals surface area (Å²) in [6.07, 6.45) is 4.96. The molecule has 6 nitrogen and oxygen atoms in total. The van der Waals surface area contributed by atoms with Gasteiger partial charge in [-0.05, 0) is 18.4 Å². The van der Waals surface area contributed by atoms with Crippen molar-refractivity contribution in [2.75, 3.05) is 18.1 Å². The summed E-state index contributed by atoms with van der Waals surface area (Å²) >= 11 is 0. The molecule has 0 spiro atoms. The lowest BCUT2D eigenvalue weighted by molar-refractivity contribution is 0.0418. The maximum absolute atomic E-state index is 11.4. The van der Waals surface area contributed by atoms with Crippen LogP contribution in [0.1, 0.15) is 18.4 Å². The van der Waals surface area contributed by atoms with Crippen molar-refractivity contribution in [1.82, 2.24) is 9.55 Å². The minimum atomic E-state index is -2.84. The fourth-order valence-corrected chi connectivity index (χ4v) is 4.22. The highest BCUT2D eigenvalue weighted by Gasteiger charge is 2.23. The summed E-state index contributed by atoms with van der Waals surface area (Å²) in [6.45, 7) is 1.27. The SMILES string of the molecule is O=S1(=O)CCC(OCCn2cnc(-c3ccc(CO)cc3)c2)CC1. The Morgan fingerprint density at radius 1 is 1.21 bits per heavy atom. The number of hydrogen-bond acceptors (Lipinski definition) is 5. The number of sulfone groups is 1. The lowest BCUT2D eigenvalue weighted by atomic mass is 10.1. The van der Waals surface area contributed by atoms with Gasteiger partial charge in [-0.3, -0.25) is 0 Å². The van der Waals surface area contributed by atoms with Crippen LogP contribution in [-0.4, -0.2) is 47.3 Å². The zero-order valence-corrected chi connectivity index (χ0v) is 14.3. The quantitative estimate of drug-likeness (QED) is 0.856. The van der Waals surface area contributed by atoms with E-state index >= 15 is 0 Å². The fourth-order valence-electron chi connectivity index (χ4n) is 2.77. The standard InChI is InChI=1S/C17H22N2O4S/c20-12-14-1-3-15(4-2-14)17-11-19(13-18-17)7-8-23-16-5-9-24(21,22)10-6-16/h1-4,11,13,16,20H,5-10,12H2. The molecular weight excluding hydrogens is 328 g/mol. The molecule has 0 amide bonds. The van der Waals surface area contributed by atoms with Gasteiger partial charge in [-0.15, -0.1) is 0 Å². The second kappa shape index (κ2) is 7.46. The van der Waals surface area contributed by atoms with E-state index in [1.165, 1.54) is 0 Å². The first kappa shape index (κ1) is 17.1. The van der Waals surface area contributed by atoms with Crippen molar-refractivity contribution in [2.24, 2.45) is 0 Å². The molecule has 1 fully saturated rings. The van der Waals surface area contributed by atoms with Gasteiger partial charge in [0.25, 0.3) is 0 Å². The Kier molecular flexibility index (Phi) is 5.33. The van der Waals surface area contributed by atoms with Crippen molar-refractivity contribution in [2.45, 2.75) is 32.1 Å². The van der Waals surface area contributed by atoms with Crippen molar-refractivity contribution < 1.29 is 18.3 Å². The molecule has 0 atom stereocenters. The Morgan fingerprint density at radius 2 is 1.92 bits per heavy atom. The number of imidazole rings is 1. The lowest BCUT2D eigenvalue weighted by Crippen LogP contribution is -2.29. The predicted molar refractivity (Wildman–Crippen MR) is 91.2 cm³/mol. The van der Waals surface area contributed by atoms with Gasteiger partial charge in [-0.1, -0.05) is 24.3 Å². The van der Waals surface area contributed by atoms with Crippen LogP contribution >= 0.6 is 0 Å². The first-order valence-electron chi connectivity index (χ1n) is 8.10. The molecule has 2 heterocycles. The van der Waals surface area contributed by atoms with Crippen molar-refractivity contribution in [3.05, 3.63) is 42.4 Å². The van der Waals surface area contributed by atoms with Crippen molar-refractivity contribution in [3.8, 4) is 11.3 Å². The van der Waals surface area contributed by atoms with Gasteiger partial charge in [-0.2, -0.15) is 0 Å². The van der Waals surface area contributed by atoms with Crippen LogP contribution < -0.4 is 0 Å². The van der Waals surface area contributed by atoms with Gasteiger partial charge in [0.1, 0.15) is 0 Å². The smallest absolute Gasteiger partial charge is 0.150 e. The van der Waals surface area contributed by atoms with Crippen LogP contribution in [0, 0.1) is 0 Å². The Morgan fingerprint density at radius 3 is 2.58 bits per heavy atom. The molecule has 1 aromatic heterocycles. The highest BCUT2D eigenvalue weighted by molar-refractivity contribution is 7.91. The summed E-state index contributed by atoms with van der Waals surface area (Å²) in [5.74, 6) is 0.466. The summed E-state index contributed by atoms with van der Waals surface area (Å²) in [7, 11) is -2.84. The zero-order chi connectivity index (χ0) is 17.0. The number of aliphatic hydroxyl groups excluding tert-OH is 1. The molecule has 2 aromatic rings. The van der Waals surface area contributed by atoms with Gasteiger partial charge < -0.3 is 14.4 Å². The van der Waals surface area contributed by atoms with E-state index in [0.717, 1.165) is 16.8 Å². The van der Waals surface area contributed by atoms with Crippen molar-refractivity contribution in [3.63, 3.8) is 0 Å². The first-order chi connectivity index (χ1) is 11.6. The van der Waals surface area contributed by atoms with Crippen LogP contribution in [0.4, 0.5) is 0 Å². The number of hydrogen-bond donors (Lipinski definition) is 1. The minimum absolute atomic E-state index is 0.0362. The average Bonchev–Trinajstić information content (AvgIpc) is 3.05. The fraction of sp³-hybridized carbons (Fsp3) is 0.471. The van der Waals surface area contributed by atoms with Gasteiger partial charge >= 0.3 is 0 Å². The van der Waals surface area contributed by atoms with Crippen LogP contribution in [-0.2, 0) is 27.7 Å². The highest BCUT2D eigenvalue weighted by Crippen LogP contribution is 2.18. The van der Waals surface area contributed by atoms with E-state index in [2.05, 4.69) is 4.98 Å². The second-order valence-electron chi connectivity index (χ2n) is 6.07. The molecule has 0 aliphatic carbocycles. The molecule has 0 unspecified atom stereocenters. The molecule has 7 heteroatoms. The van der Waals surface area contributed by atoms with E-state index in [1.54, 1.807) is 6.33 Å². The third-order valence-corrected chi connectivity index (χ3v) is 5.99. The van der Waals surface area contributed by atoms with Crippen LogP contribution in [0.2, 0.25) is 0 Å². The van der Waals surface area contributed by atoms with E-state index in [1.807, 2.05) is 35.0 Å². The number of benzene rings is 1. The largest absolute Gasteiger partial charge is 0.392 e. The van der Waals surface area contributed by atoms with Crippen LogP contribution in [0.15, 0.2) is 36.8 Å². The van der Waals surface area contributed by atoms with Crippen molar-refractivity contribution in [1.29, 1.82) is 0 Å². The molecule has 1 saturated heterocycles. The summed E-state index contributed by atoms with van der Waals surface area (Å²) < 4.78 is 30.5. The lowest BCUT2D eigenvalue weighted by Gasteiger charge is -2.22. The summed E-state index contributed by atoms with van der Waals surface area (Å²) in [4.78, 5) is 4.39. The third kappa shape index (κ3) is 4.43. The van der Waals surface area contributed by atoms with Gasteiger partial charge in [0, 0.05) is 18.3 Å². The third-order valence-electron chi connectivity index (χ3n) is 4.27.